The third-order valence-corrected chi connectivity index (χ3v) is 7.52. The summed E-state index contributed by atoms with van der Waals surface area (Å²) in [6, 6.07) is 10.1. The quantitative estimate of drug-likeness (QED) is 0.744. The summed E-state index contributed by atoms with van der Waals surface area (Å²) in [5, 5.41) is 3.35. The molecule has 0 unspecified atom stereocenters. The molecule has 7 heteroatoms. The Bertz CT molecular complexity index is 929. The van der Waals surface area contributed by atoms with Crippen LogP contribution in [0.1, 0.15) is 36.1 Å². The second-order valence-electron chi connectivity index (χ2n) is 8.31. The summed E-state index contributed by atoms with van der Waals surface area (Å²) in [5.41, 5.74) is 1.19. The molecule has 3 amide bonds. The number of thiazole rings is 1. The average molecular weight is 410 g/mol. The Balaban J connectivity index is 1.15. The number of fused-ring (bicyclic) bond motifs is 5. The number of nitrogens with zero attached hydrogens (tertiary/aromatic N) is 2. The molecule has 5 rings (SSSR count). The van der Waals surface area contributed by atoms with Crippen LogP contribution < -0.4 is 5.32 Å². The molecule has 1 saturated heterocycles. The summed E-state index contributed by atoms with van der Waals surface area (Å²) in [7, 11) is 0. The lowest BCUT2D eigenvalue weighted by atomic mass is 9.81. The van der Waals surface area contributed by atoms with Crippen LogP contribution in [0.4, 0.5) is 5.13 Å². The Morgan fingerprint density at radius 2 is 1.79 bits per heavy atom. The summed E-state index contributed by atoms with van der Waals surface area (Å²) in [4.78, 5) is 44.4. The minimum atomic E-state index is -0.216. The highest BCUT2D eigenvalue weighted by Gasteiger charge is 2.60. The van der Waals surface area contributed by atoms with Crippen LogP contribution >= 0.6 is 11.3 Å². The van der Waals surface area contributed by atoms with Gasteiger partial charge in [-0.05, 0) is 36.7 Å². The van der Waals surface area contributed by atoms with Crippen molar-refractivity contribution >= 4 is 34.2 Å². The average Bonchev–Trinajstić information content (AvgIpc) is 3.48. The number of likely N-dealkylation sites (tertiary alicyclic amines) is 1. The van der Waals surface area contributed by atoms with Crippen molar-refractivity contribution in [3.8, 4) is 0 Å². The number of hydrogen-bond acceptors (Lipinski definition) is 5. The van der Waals surface area contributed by atoms with E-state index >= 15 is 0 Å². The summed E-state index contributed by atoms with van der Waals surface area (Å²) in [6.07, 6.45) is 5.81. The molecular formula is C22H23N3O3S. The number of rotatable bonds is 6. The van der Waals surface area contributed by atoms with Crippen LogP contribution in [0.5, 0.6) is 0 Å². The fraction of sp³-hybridized carbons (Fsp3) is 0.455. The van der Waals surface area contributed by atoms with Gasteiger partial charge in [-0.25, -0.2) is 4.98 Å². The number of carbonyl (C=O) groups excluding carboxylic acids is 3. The molecule has 6 nitrogen and oxygen atoms in total. The van der Waals surface area contributed by atoms with E-state index in [1.165, 1.54) is 21.8 Å². The van der Waals surface area contributed by atoms with Crippen LogP contribution in [0, 0.1) is 23.7 Å². The van der Waals surface area contributed by atoms with E-state index in [1.54, 1.807) is 6.20 Å². The van der Waals surface area contributed by atoms with E-state index in [0.717, 1.165) is 30.6 Å². The van der Waals surface area contributed by atoms with E-state index in [0.29, 0.717) is 17.0 Å². The van der Waals surface area contributed by atoms with E-state index in [-0.39, 0.29) is 42.5 Å². The predicted octanol–water partition coefficient (Wildman–Crippen LogP) is 3.09. The molecule has 2 aliphatic carbocycles. The van der Waals surface area contributed by atoms with Gasteiger partial charge in [-0.1, -0.05) is 30.3 Å². The van der Waals surface area contributed by atoms with Gasteiger partial charge in [-0.15, -0.1) is 11.3 Å². The Morgan fingerprint density at radius 3 is 2.48 bits per heavy atom. The molecule has 2 bridgehead atoms. The van der Waals surface area contributed by atoms with Crippen molar-refractivity contribution in [2.24, 2.45) is 23.7 Å². The van der Waals surface area contributed by atoms with Crippen molar-refractivity contribution in [3.63, 3.8) is 0 Å². The number of benzene rings is 1. The molecule has 2 aromatic rings. The lowest BCUT2D eigenvalue weighted by molar-refractivity contribution is -0.140. The smallest absolute Gasteiger partial charge is 0.233 e. The van der Waals surface area contributed by atoms with E-state index in [9.17, 15) is 14.4 Å². The van der Waals surface area contributed by atoms with Crippen LogP contribution in [-0.2, 0) is 20.8 Å². The minimum Gasteiger partial charge on any atom is -0.302 e. The fourth-order valence-electron chi connectivity index (χ4n) is 5.33. The number of anilines is 1. The number of carbonyl (C=O) groups is 3. The summed E-state index contributed by atoms with van der Waals surface area (Å²) in [5.74, 6) is 0.176. The molecule has 29 heavy (non-hydrogen) atoms. The van der Waals surface area contributed by atoms with Crippen LogP contribution in [0.2, 0.25) is 0 Å². The van der Waals surface area contributed by atoms with Gasteiger partial charge in [0.1, 0.15) is 0 Å². The van der Waals surface area contributed by atoms with E-state index in [2.05, 4.69) is 22.4 Å². The van der Waals surface area contributed by atoms with Crippen LogP contribution in [0.3, 0.4) is 0 Å². The first-order valence-electron chi connectivity index (χ1n) is 10.2. The third kappa shape index (κ3) is 3.37. The maximum Gasteiger partial charge on any atom is 0.233 e. The molecule has 4 atom stereocenters. The van der Waals surface area contributed by atoms with Crippen LogP contribution in [0.15, 0.2) is 36.5 Å². The summed E-state index contributed by atoms with van der Waals surface area (Å²) < 4.78 is 0. The molecule has 1 aromatic heterocycles. The standard InChI is InChI=1S/C22H23N3O3S/c26-17(24-22-23-12-16(29-22)10-13-4-2-1-3-5-13)8-9-25-20(27)18-14-6-7-15(11-14)19(18)21(25)28/h1-5,12,14-15,18-19H,6-11H2,(H,23,24,26)/t14-,15-,18-,19+/m0/s1. The number of aromatic nitrogens is 1. The molecule has 150 valence electrons. The number of imide groups is 1. The molecule has 1 aliphatic heterocycles. The molecule has 1 N–H and O–H groups in total. The Kier molecular flexibility index (Phi) is 4.70. The highest BCUT2D eigenvalue weighted by atomic mass is 32.1. The summed E-state index contributed by atoms with van der Waals surface area (Å²) >= 11 is 1.45. The lowest BCUT2D eigenvalue weighted by Crippen LogP contribution is -2.35. The molecule has 2 saturated carbocycles. The number of amides is 3. The van der Waals surface area contributed by atoms with Gasteiger partial charge in [0, 0.05) is 30.5 Å². The topological polar surface area (TPSA) is 79.4 Å². The van der Waals surface area contributed by atoms with Crippen LogP contribution in [-0.4, -0.2) is 34.2 Å². The molecular weight excluding hydrogens is 386 g/mol. The molecule has 3 fully saturated rings. The minimum absolute atomic E-state index is 0.0561. The second-order valence-corrected chi connectivity index (χ2v) is 9.42. The van der Waals surface area contributed by atoms with Gasteiger partial charge >= 0.3 is 0 Å². The van der Waals surface area contributed by atoms with E-state index in [4.69, 9.17) is 0 Å². The number of hydrogen-bond donors (Lipinski definition) is 1. The molecule has 0 spiro atoms. The Labute approximate surface area is 173 Å². The van der Waals surface area contributed by atoms with Gasteiger partial charge < -0.3 is 5.32 Å². The van der Waals surface area contributed by atoms with Gasteiger partial charge in [-0.2, -0.15) is 0 Å². The first-order valence-corrected chi connectivity index (χ1v) is 11.1. The van der Waals surface area contributed by atoms with Crippen LogP contribution in [0.25, 0.3) is 0 Å². The zero-order valence-corrected chi connectivity index (χ0v) is 16.9. The van der Waals surface area contributed by atoms with Gasteiger partial charge in [0.25, 0.3) is 0 Å². The monoisotopic (exact) mass is 409 g/mol. The van der Waals surface area contributed by atoms with Crippen molar-refractivity contribution in [1.82, 2.24) is 9.88 Å². The molecule has 3 aliphatic rings. The van der Waals surface area contributed by atoms with Gasteiger partial charge in [0.05, 0.1) is 11.8 Å². The molecule has 0 radical (unpaired) electrons. The number of nitrogens with one attached hydrogen (secondary N) is 1. The highest BCUT2D eigenvalue weighted by molar-refractivity contribution is 7.15. The maximum absolute atomic E-state index is 12.7. The first kappa shape index (κ1) is 18.5. The fourth-order valence-corrected chi connectivity index (χ4v) is 6.19. The lowest BCUT2D eigenvalue weighted by Gasteiger charge is -2.19. The van der Waals surface area contributed by atoms with E-state index < -0.39 is 0 Å². The normalized spacial score (nSPS) is 27.5. The van der Waals surface area contributed by atoms with Gasteiger partial charge in [0.2, 0.25) is 17.7 Å². The molecule has 2 heterocycles. The maximum atomic E-state index is 12.7. The van der Waals surface area contributed by atoms with Gasteiger partial charge in [0.15, 0.2) is 5.13 Å². The Hall–Kier alpha value is -2.54. The summed E-state index contributed by atoms with van der Waals surface area (Å²) in [6.45, 7) is 0.165. The van der Waals surface area contributed by atoms with Crippen molar-refractivity contribution in [2.45, 2.75) is 32.1 Å². The second kappa shape index (κ2) is 7.37. The van der Waals surface area contributed by atoms with Crippen molar-refractivity contribution in [2.75, 3.05) is 11.9 Å². The van der Waals surface area contributed by atoms with E-state index in [1.807, 2.05) is 18.2 Å². The SMILES string of the molecule is O=C(CCN1C(=O)[C@@H]2[C@H]3CC[C@@H](C3)[C@@H]2C1=O)Nc1ncc(Cc2ccccc2)s1. The van der Waals surface area contributed by atoms with Crippen molar-refractivity contribution in [3.05, 3.63) is 47.0 Å². The van der Waals surface area contributed by atoms with Gasteiger partial charge in [-0.3, -0.25) is 19.3 Å². The highest BCUT2D eigenvalue weighted by Crippen LogP contribution is 2.56. The Morgan fingerprint density at radius 1 is 1.10 bits per heavy atom. The zero-order chi connectivity index (χ0) is 20.0. The third-order valence-electron chi connectivity index (χ3n) is 6.60. The zero-order valence-electron chi connectivity index (χ0n) is 16.0. The van der Waals surface area contributed by atoms with Crippen molar-refractivity contribution < 1.29 is 14.4 Å². The predicted molar refractivity (Wildman–Crippen MR) is 109 cm³/mol. The largest absolute Gasteiger partial charge is 0.302 e. The van der Waals surface area contributed by atoms with Crippen molar-refractivity contribution in [1.29, 1.82) is 0 Å². The first-order chi connectivity index (χ1) is 14.1. The molecule has 1 aromatic carbocycles.